The lowest BCUT2D eigenvalue weighted by Crippen LogP contribution is -2.29. The number of hydrogen-bond donors (Lipinski definition) is 1. The number of methoxy groups -OCH3 is 1. The molecule has 6 heteroatoms. The van der Waals surface area contributed by atoms with Gasteiger partial charge in [0.05, 0.1) is 18.7 Å². The maximum atomic E-state index is 13.2. The minimum Gasteiger partial charge on any atom is -0.507 e. The number of carbonyl (C=O) groups is 2. The minimum atomic E-state index is -0.709. The van der Waals surface area contributed by atoms with Gasteiger partial charge in [0, 0.05) is 24.5 Å². The van der Waals surface area contributed by atoms with Crippen LogP contribution in [0.15, 0.2) is 72.6 Å². The molecule has 0 spiro atoms. The lowest BCUT2D eigenvalue weighted by molar-refractivity contribution is -0.140. The van der Waals surface area contributed by atoms with Crippen molar-refractivity contribution in [3.63, 3.8) is 0 Å². The Hall–Kier alpha value is -3.93. The number of aromatic nitrogens is 1. The monoisotopic (exact) mass is 428 g/mol. The molecule has 1 aliphatic heterocycles. The zero-order chi connectivity index (χ0) is 22.8. The summed E-state index contributed by atoms with van der Waals surface area (Å²) in [6.07, 6.45) is 3.32. The van der Waals surface area contributed by atoms with Crippen LogP contribution in [0.1, 0.15) is 33.9 Å². The molecule has 0 saturated carbocycles. The molecule has 162 valence electrons. The SMILES string of the molecule is COc1ccc(/C(O)=C2\C(=O)C(=O)N(Cc3cccnc3)C2c2ccccc2C)cc1C. The van der Waals surface area contributed by atoms with Crippen molar-refractivity contribution in [1.29, 1.82) is 0 Å². The number of carbonyl (C=O) groups excluding carboxylic acids is 2. The zero-order valence-corrected chi connectivity index (χ0v) is 18.2. The predicted octanol–water partition coefficient (Wildman–Crippen LogP) is 4.33. The molecule has 1 N–H and O–H groups in total. The van der Waals surface area contributed by atoms with Crippen molar-refractivity contribution < 1.29 is 19.4 Å². The Morgan fingerprint density at radius 3 is 2.50 bits per heavy atom. The zero-order valence-electron chi connectivity index (χ0n) is 18.2. The number of likely N-dealkylation sites (tertiary alicyclic amines) is 1. The van der Waals surface area contributed by atoms with Crippen LogP contribution >= 0.6 is 0 Å². The van der Waals surface area contributed by atoms with Gasteiger partial charge in [-0.3, -0.25) is 14.6 Å². The molecule has 0 aliphatic carbocycles. The van der Waals surface area contributed by atoms with Crippen LogP contribution in [0, 0.1) is 13.8 Å². The highest BCUT2D eigenvalue weighted by atomic mass is 16.5. The highest BCUT2D eigenvalue weighted by molar-refractivity contribution is 6.46. The van der Waals surface area contributed by atoms with Crippen LogP contribution in [0.2, 0.25) is 0 Å². The molecular formula is C26H24N2O4. The first-order chi connectivity index (χ1) is 15.4. The average Bonchev–Trinajstić information content (AvgIpc) is 3.04. The van der Waals surface area contributed by atoms with Crippen LogP contribution in [0.25, 0.3) is 5.76 Å². The van der Waals surface area contributed by atoms with E-state index in [9.17, 15) is 14.7 Å². The Labute approximate surface area is 186 Å². The number of ketones is 1. The minimum absolute atomic E-state index is 0.0813. The lowest BCUT2D eigenvalue weighted by Gasteiger charge is -2.26. The fourth-order valence-electron chi connectivity index (χ4n) is 4.13. The molecule has 1 fully saturated rings. The van der Waals surface area contributed by atoms with Crippen molar-refractivity contribution in [2.45, 2.75) is 26.4 Å². The van der Waals surface area contributed by atoms with Crippen LogP contribution in [-0.4, -0.2) is 33.8 Å². The number of hydrogen-bond acceptors (Lipinski definition) is 5. The van der Waals surface area contributed by atoms with Gasteiger partial charge in [0.25, 0.3) is 11.7 Å². The van der Waals surface area contributed by atoms with Crippen molar-refractivity contribution in [2.24, 2.45) is 0 Å². The third-order valence-electron chi connectivity index (χ3n) is 5.77. The van der Waals surface area contributed by atoms with Crippen molar-refractivity contribution in [1.82, 2.24) is 9.88 Å². The number of rotatable bonds is 5. The van der Waals surface area contributed by atoms with Gasteiger partial charge in [0.1, 0.15) is 11.5 Å². The van der Waals surface area contributed by atoms with Gasteiger partial charge in [-0.25, -0.2) is 0 Å². The summed E-state index contributed by atoms with van der Waals surface area (Å²) in [6, 6.07) is 15.7. The summed E-state index contributed by atoms with van der Waals surface area (Å²) in [5.74, 6) is -0.868. The molecule has 0 bridgehead atoms. The van der Waals surface area contributed by atoms with E-state index in [0.717, 1.165) is 22.3 Å². The number of ether oxygens (including phenoxy) is 1. The van der Waals surface area contributed by atoms with Gasteiger partial charge >= 0.3 is 0 Å². The number of aliphatic hydroxyl groups is 1. The molecule has 4 rings (SSSR count). The standard InChI is InChI=1S/C26H24N2O4/c1-16-7-4-5-9-20(16)23-22(24(29)19-10-11-21(32-3)17(2)13-19)25(30)26(31)28(23)15-18-8-6-12-27-14-18/h4-14,23,29H,15H2,1-3H3/b24-22+. The lowest BCUT2D eigenvalue weighted by atomic mass is 9.92. The van der Waals surface area contributed by atoms with E-state index < -0.39 is 17.7 Å². The maximum Gasteiger partial charge on any atom is 0.295 e. The number of aliphatic hydroxyl groups excluding tert-OH is 1. The van der Waals surface area contributed by atoms with Crippen molar-refractivity contribution >= 4 is 17.4 Å². The summed E-state index contributed by atoms with van der Waals surface area (Å²) in [6.45, 7) is 3.99. The van der Waals surface area contributed by atoms with Gasteiger partial charge in [0.15, 0.2) is 0 Å². The highest BCUT2D eigenvalue weighted by Gasteiger charge is 2.46. The summed E-state index contributed by atoms with van der Waals surface area (Å²) in [4.78, 5) is 31.9. The van der Waals surface area contributed by atoms with E-state index in [1.54, 1.807) is 43.8 Å². The van der Waals surface area contributed by atoms with Crippen LogP contribution in [0.3, 0.4) is 0 Å². The molecule has 1 unspecified atom stereocenters. The summed E-state index contributed by atoms with van der Waals surface area (Å²) < 4.78 is 5.30. The van der Waals surface area contributed by atoms with Gasteiger partial charge in [0.2, 0.25) is 0 Å². The van der Waals surface area contributed by atoms with Crippen LogP contribution in [0.4, 0.5) is 0 Å². The third-order valence-corrected chi connectivity index (χ3v) is 5.77. The molecule has 0 radical (unpaired) electrons. The summed E-state index contributed by atoms with van der Waals surface area (Å²) in [5.41, 5.74) is 3.87. The molecule has 1 aromatic heterocycles. The highest BCUT2D eigenvalue weighted by Crippen LogP contribution is 2.41. The summed E-state index contributed by atoms with van der Waals surface area (Å²) in [7, 11) is 1.57. The Morgan fingerprint density at radius 1 is 1.06 bits per heavy atom. The second kappa shape index (κ2) is 8.67. The first-order valence-corrected chi connectivity index (χ1v) is 10.3. The van der Waals surface area contributed by atoms with E-state index in [0.29, 0.717) is 11.3 Å². The number of aryl methyl sites for hydroxylation is 2. The van der Waals surface area contributed by atoms with E-state index in [1.807, 2.05) is 44.2 Å². The van der Waals surface area contributed by atoms with Gasteiger partial charge < -0.3 is 14.7 Å². The first-order valence-electron chi connectivity index (χ1n) is 10.3. The van der Waals surface area contributed by atoms with Crippen LogP contribution in [0.5, 0.6) is 5.75 Å². The molecule has 32 heavy (non-hydrogen) atoms. The number of amides is 1. The number of nitrogens with zero attached hydrogens (tertiary/aromatic N) is 2. The van der Waals surface area contributed by atoms with E-state index in [2.05, 4.69) is 4.98 Å². The second-order valence-corrected chi connectivity index (χ2v) is 7.83. The molecule has 2 heterocycles. The van der Waals surface area contributed by atoms with Crippen molar-refractivity contribution in [3.8, 4) is 5.75 Å². The van der Waals surface area contributed by atoms with E-state index in [-0.39, 0.29) is 17.9 Å². The first kappa shape index (κ1) is 21.3. The fraction of sp³-hybridized carbons (Fsp3) is 0.192. The van der Waals surface area contributed by atoms with Crippen LogP contribution < -0.4 is 4.74 Å². The summed E-state index contributed by atoms with van der Waals surface area (Å²) in [5, 5.41) is 11.2. The van der Waals surface area contributed by atoms with Gasteiger partial charge in [-0.2, -0.15) is 0 Å². The third kappa shape index (κ3) is 3.75. The van der Waals surface area contributed by atoms with Gasteiger partial charge in [-0.15, -0.1) is 0 Å². The van der Waals surface area contributed by atoms with Gasteiger partial charge in [-0.1, -0.05) is 30.3 Å². The Balaban J connectivity index is 1.89. The smallest absolute Gasteiger partial charge is 0.295 e. The van der Waals surface area contributed by atoms with Gasteiger partial charge in [-0.05, 0) is 60.4 Å². The topological polar surface area (TPSA) is 79.7 Å². The molecule has 1 amide bonds. The van der Waals surface area contributed by atoms with E-state index in [1.165, 1.54) is 4.90 Å². The molecule has 6 nitrogen and oxygen atoms in total. The van der Waals surface area contributed by atoms with E-state index >= 15 is 0 Å². The summed E-state index contributed by atoms with van der Waals surface area (Å²) >= 11 is 0. The van der Waals surface area contributed by atoms with Crippen LogP contribution in [-0.2, 0) is 16.1 Å². The Kier molecular flexibility index (Phi) is 5.77. The molecular weight excluding hydrogens is 404 g/mol. The second-order valence-electron chi connectivity index (χ2n) is 7.83. The van der Waals surface area contributed by atoms with Crippen molar-refractivity contribution in [3.05, 3.63) is 100 Å². The molecule has 1 aliphatic rings. The largest absolute Gasteiger partial charge is 0.507 e. The van der Waals surface area contributed by atoms with E-state index in [4.69, 9.17) is 4.74 Å². The molecule has 2 aromatic carbocycles. The maximum absolute atomic E-state index is 13.2. The number of Topliss-reactive ketones (excluding diaryl/α,β-unsaturated/α-hetero) is 1. The Morgan fingerprint density at radius 2 is 1.84 bits per heavy atom. The fourth-order valence-corrected chi connectivity index (χ4v) is 4.13. The molecule has 1 atom stereocenters. The predicted molar refractivity (Wildman–Crippen MR) is 121 cm³/mol. The number of pyridine rings is 1. The van der Waals surface area contributed by atoms with Crippen molar-refractivity contribution in [2.75, 3.05) is 7.11 Å². The average molecular weight is 428 g/mol. The quantitative estimate of drug-likeness (QED) is 0.372. The normalized spacial score (nSPS) is 17.6. The Bertz CT molecular complexity index is 1220. The molecule has 1 saturated heterocycles. The molecule has 3 aromatic rings. The number of benzene rings is 2.